The Hall–Kier alpha value is -2.70. The lowest BCUT2D eigenvalue weighted by atomic mass is 10.1. The molecule has 2 amide bonds. The zero-order valence-corrected chi connectivity index (χ0v) is 18.8. The molecule has 0 atom stereocenters. The maximum absolute atomic E-state index is 12.8. The molecule has 0 aromatic heterocycles. The van der Waals surface area contributed by atoms with Gasteiger partial charge >= 0.3 is 0 Å². The van der Waals surface area contributed by atoms with Crippen molar-refractivity contribution in [3.8, 4) is 0 Å². The third-order valence-electron chi connectivity index (χ3n) is 5.48. The van der Waals surface area contributed by atoms with Crippen LogP contribution in [0.3, 0.4) is 0 Å². The van der Waals surface area contributed by atoms with Crippen molar-refractivity contribution in [3.05, 3.63) is 65.2 Å². The van der Waals surface area contributed by atoms with Crippen LogP contribution in [-0.4, -0.2) is 60.4 Å². The normalized spacial score (nSPS) is 14.6. The number of rotatable bonds is 8. The first kappa shape index (κ1) is 23.0. The number of amides is 2. The first-order chi connectivity index (χ1) is 15.0. The highest BCUT2D eigenvalue weighted by Gasteiger charge is 2.23. The summed E-state index contributed by atoms with van der Waals surface area (Å²) >= 11 is 0. The van der Waals surface area contributed by atoms with Crippen LogP contribution in [0.1, 0.15) is 42.3 Å². The highest BCUT2D eigenvalue weighted by atomic mass is 16.5. The van der Waals surface area contributed by atoms with Crippen LogP contribution in [0.5, 0.6) is 0 Å². The molecule has 1 saturated heterocycles. The van der Waals surface area contributed by atoms with Crippen molar-refractivity contribution in [2.24, 2.45) is 0 Å². The molecule has 0 saturated carbocycles. The summed E-state index contributed by atoms with van der Waals surface area (Å²) < 4.78 is 5.60. The first-order valence-electron chi connectivity index (χ1n) is 11.1. The van der Waals surface area contributed by atoms with Crippen molar-refractivity contribution in [2.45, 2.75) is 39.9 Å². The van der Waals surface area contributed by atoms with Gasteiger partial charge in [-0.1, -0.05) is 37.3 Å². The van der Waals surface area contributed by atoms with Gasteiger partial charge in [0.15, 0.2) is 0 Å². The Bertz CT molecular complexity index is 872. The van der Waals surface area contributed by atoms with Crippen LogP contribution in [0.15, 0.2) is 48.5 Å². The fourth-order valence-corrected chi connectivity index (χ4v) is 3.64. The maximum atomic E-state index is 12.8. The topological polar surface area (TPSA) is 61.9 Å². The Morgan fingerprint density at radius 1 is 1.00 bits per heavy atom. The molecule has 1 fully saturated rings. The fraction of sp³-hybridized carbons (Fsp3) is 0.440. The molecule has 166 valence electrons. The third-order valence-corrected chi connectivity index (χ3v) is 5.48. The second kappa shape index (κ2) is 11.1. The monoisotopic (exact) mass is 423 g/mol. The average molecular weight is 424 g/mol. The van der Waals surface area contributed by atoms with Gasteiger partial charge in [0.25, 0.3) is 5.91 Å². The van der Waals surface area contributed by atoms with Crippen molar-refractivity contribution >= 4 is 17.5 Å². The van der Waals surface area contributed by atoms with Crippen LogP contribution < -0.4 is 5.32 Å². The van der Waals surface area contributed by atoms with Crippen molar-refractivity contribution < 1.29 is 14.3 Å². The zero-order valence-electron chi connectivity index (χ0n) is 18.8. The van der Waals surface area contributed by atoms with Gasteiger partial charge in [-0.25, -0.2) is 0 Å². The standard InChI is InChI=1S/C25H33N3O3/c1-4-21-7-5-6-8-23(21)26-24(29)17-27-13-15-28(16-14-27)25(30)22-11-9-20(10-12-22)18-31-19(2)3/h5-12,19H,4,13-18H2,1-3H3,(H,26,29). The van der Waals surface area contributed by atoms with Crippen LogP contribution in [0.25, 0.3) is 0 Å². The van der Waals surface area contributed by atoms with Crippen LogP contribution in [-0.2, 0) is 22.6 Å². The van der Waals surface area contributed by atoms with E-state index in [1.165, 1.54) is 0 Å². The third kappa shape index (κ3) is 6.64. The molecule has 1 aliphatic heterocycles. The Balaban J connectivity index is 1.46. The van der Waals surface area contributed by atoms with Crippen molar-refractivity contribution in [1.82, 2.24) is 9.80 Å². The number of carbonyl (C=O) groups excluding carboxylic acids is 2. The molecular weight excluding hydrogens is 390 g/mol. The smallest absolute Gasteiger partial charge is 0.253 e. The molecule has 3 rings (SSSR count). The van der Waals surface area contributed by atoms with Gasteiger partial charge in [-0.05, 0) is 49.6 Å². The minimum atomic E-state index is -0.0140. The maximum Gasteiger partial charge on any atom is 0.253 e. The predicted octanol–water partition coefficient (Wildman–Crippen LogP) is 3.57. The summed E-state index contributed by atoms with van der Waals surface area (Å²) in [7, 11) is 0. The van der Waals surface area contributed by atoms with Gasteiger partial charge in [-0.3, -0.25) is 14.5 Å². The molecule has 0 aliphatic carbocycles. The fourth-order valence-electron chi connectivity index (χ4n) is 3.64. The number of nitrogens with zero attached hydrogens (tertiary/aromatic N) is 2. The molecule has 2 aromatic carbocycles. The van der Waals surface area contributed by atoms with Crippen molar-refractivity contribution in [3.63, 3.8) is 0 Å². The lowest BCUT2D eigenvalue weighted by Gasteiger charge is -2.34. The summed E-state index contributed by atoms with van der Waals surface area (Å²) in [4.78, 5) is 29.2. The zero-order chi connectivity index (χ0) is 22.2. The molecule has 1 aliphatic rings. The number of hydrogen-bond donors (Lipinski definition) is 1. The number of para-hydroxylation sites is 1. The van der Waals surface area contributed by atoms with E-state index in [2.05, 4.69) is 17.1 Å². The Morgan fingerprint density at radius 2 is 1.68 bits per heavy atom. The van der Waals surface area contributed by atoms with E-state index >= 15 is 0 Å². The molecule has 6 nitrogen and oxygen atoms in total. The van der Waals surface area contributed by atoms with Crippen LogP contribution >= 0.6 is 0 Å². The lowest BCUT2D eigenvalue weighted by molar-refractivity contribution is -0.117. The van der Waals surface area contributed by atoms with Crippen LogP contribution in [0.4, 0.5) is 5.69 Å². The van der Waals surface area contributed by atoms with Gasteiger partial charge in [0.05, 0.1) is 19.3 Å². The number of anilines is 1. The molecular formula is C25H33N3O3. The van der Waals surface area contributed by atoms with Gasteiger partial charge in [-0.15, -0.1) is 0 Å². The summed E-state index contributed by atoms with van der Waals surface area (Å²) in [5, 5.41) is 3.02. The van der Waals surface area contributed by atoms with Crippen LogP contribution in [0.2, 0.25) is 0 Å². The second-order valence-electron chi connectivity index (χ2n) is 8.18. The average Bonchev–Trinajstić information content (AvgIpc) is 2.78. The van der Waals surface area contributed by atoms with Gasteiger partial charge < -0.3 is 15.0 Å². The molecule has 1 N–H and O–H groups in total. The van der Waals surface area contributed by atoms with Gasteiger partial charge in [-0.2, -0.15) is 0 Å². The minimum absolute atomic E-state index is 0.0140. The van der Waals surface area contributed by atoms with E-state index in [1.54, 1.807) is 0 Å². The quantitative estimate of drug-likeness (QED) is 0.705. The van der Waals surface area contributed by atoms with E-state index in [9.17, 15) is 9.59 Å². The van der Waals surface area contributed by atoms with Crippen molar-refractivity contribution in [1.29, 1.82) is 0 Å². The number of carbonyl (C=O) groups is 2. The van der Waals surface area contributed by atoms with Crippen LogP contribution in [0, 0.1) is 0 Å². The largest absolute Gasteiger partial charge is 0.374 e. The number of hydrogen-bond acceptors (Lipinski definition) is 4. The molecule has 0 bridgehead atoms. The summed E-state index contributed by atoms with van der Waals surface area (Å²) in [6, 6.07) is 15.5. The van der Waals surface area contributed by atoms with E-state index in [0.29, 0.717) is 44.9 Å². The minimum Gasteiger partial charge on any atom is -0.374 e. The molecule has 31 heavy (non-hydrogen) atoms. The molecule has 0 radical (unpaired) electrons. The van der Waals surface area contributed by atoms with Gasteiger partial charge in [0, 0.05) is 37.4 Å². The number of benzene rings is 2. The highest BCUT2D eigenvalue weighted by Crippen LogP contribution is 2.16. The number of ether oxygens (including phenoxy) is 1. The molecule has 1 heterocycles. The number of nitrogens with one attached hydrogen (secondary N) is 1. The highest BCUT2D eigenvalue weighted by molar-refractivity contribution is 5.94. The van der Waals surface area contributed by atoms with E-state index in [1.807, 2.05) is 67.3 Å². The van der Waals surface area contributed by atoms with Gasteiger partial charge in [0.1, 0.15) is 0 Å². The first-order valence-corrected chi connectivity index (χ1v) is 11.1. The number of aryl methyl sites for hydroxylation is 1. The van der Waals surface area contributed by atoms with Crippen molar-refractivity contribution in [2.75, 3.05) is 38.0 Å². The Morgan fingerprint density at radius 3 is 2.32 bits per heavy atom. The lowest BCUT2D eigenvalue weighted by Crippen LogP contribution is -2.50. The summed E-state index contributed by atoms with van der Waals surface area (Å²) in [6.07, 6.45) is 1.06. The SMILES string of the molecule is CCc1ccccc1NC(=O)CN1CCN(C(=O)c2ccc(COC(C)C)cc2)CC1. The Kier molecular flexibility index (Phi) is 8.20. The van der Waals surface area contributed by atoms with E-state index in [4.69, 9.17) is 4.74 Å². The molecule has 2 aromatic rings. The molecule has 0 unspecified atom stereocenters. The summed E-state index contributed by atoms with van der Waals surface area (Å²) in [6.45, 7) is 9.60. The second-order valence-corrected chi connectivity index (χ2v) is 8.18. The summed E-state index contributed by atoms with van der Waals surface area (Å²) in [5.41, 5.74) is 3.76. The van der Waals surface area contributed by atoms with E-state index in [-0.39, 0.29) is 17.9 Å². The predicted molar refractivity (Wildman–Crippen MR) is 123 cm³/mol. The summed E-state index contributed by atoms with van der Waals surface area (Å²) in [5.74, 6) is 0.0252. The van der Waals surface area contributed by atoms with Gasteiger partial charge in [0.2, 0.25) is 5.91 Å². The molecule has 6 heteroatoms. The van der Waals surface area contributed by atoms with E-state index < -0.39 is 0 Å². The molecule has 0 spiro atoms. The number of piperazine rings is 1. The van der Waals surface area contributed by atoms with E-state index in [0.717, 1.165) is 23.2 Å². The Labute approximate surface area is 185 Å².